The lowest BCUT2D eigenvalue weighted by Crippen LogP contribution is -2.52. The molecule has 0 radical (unpaired) electrons. The molecule has 29 heavy (non-hydrogen) atoms. The molecule has 1 saturated heterocycles. The molecule has 7 atom stereocenters. The van der Waals surface area contributed by atoms with Crippen molar-refractivity contribution in [1.29, 1.82) is 0 Å². The Bertz CT molecular complexity index is 795. The number of carbonyl (C=O) groups excluding carboxylic acids is 1. The third-order valence-electron chi connectivity index (χ3n) is 10.00. The molecule has 3 fully saturated rings. The van der Waals surface area contributed by atoms with Gasteiger partial charge in [-0.25, -0.2) is 0 Å². The van der Waals surface area contributed by atoms with E-state index >= 15 is 0 Å². The highest BCUT2D eigenvalue weighted by atomic mass is 16.2. The van der Waals surface area contributed by atoms with Crippen molar-refractivity contribution in [2.45, 2.75) is 65.7 Å². The van der Waals surface area contributed by atoms with Crippen LogP contribution in [0.25, 0.3) is 0 Å². The summed E-state index contributed by atoms with van der Waals surface area (Å²) in [6, 6.07) is 0. The maximum Gasteiger partial charge on any atom is 0.222 e. The van der Waals surface area contributed by atoms with Crippen LogP contribution >= 0.6 is 0 Å². The maximum absolute atomic E-state index is 12.6. The lowest BCUT2D eigenvalue weighted by molar-refractivity contribution is -0.131. The van der Waals surface area contributed by atoms with Gasteiger partial charge in [0.05, 0.1) is 0 Å². The molecular formula is C26H38N2O. The summed E-state index contributed by atoms with van der Waals surface area (Å²) in [7, 11) is 2.01. The highest BCUT2D eigenvalue weighted by Gasteiger charge is 2.58. The average molecular weight is 395 g/mol. The van der Waals surface area contributed by atoms with Crippen LogP contribution in [0.15, 0.2) is 28.3 Å². The van der Waals surface area contributed by atoms with E-state index in [1.54, 1.807) is 5.57 Å². The third kappa shape index (κ3) is 2.90. The number of hydrogen-bond donors (Lipinski definition) is 0. The molecule has 3 aliphatic carbocycles. The van der Waals surface area contributed by atoms with E-state index in [0.717, 1.165) is 37.3 Å². The molecule has 0 aromatic heterocycles. The van der Waals surface area contributed by atoms with E-state index in [0.29, 0.717) is 28.6 Å². The summed E-state index contributed by atoms with van der Waals surface area (Å²) in [6.07, 6.45) is 15.6. The van der Waals surface area contributed by atoms with E-state index in [-0.39, 0.29) is 0 Å². The number of fused-ring (bicyclic) bond motifs is 5. The number of hydrogen-bond acceptors (Lipinski definition) is 2. The zero-order valence-corrected chi connectivity index (χ0v) is 18.8. The van der Waals surface area contributed by atoms with Gasteiger partial charge >= 0.3 is 0 Å². The molecule has 158 valence electrons. The van der Waals surface area contributed by atoms with Crippen LogP contribution in [-0.2, 0) is 4.79 Å². The van der Waals surface area contributed by atoms with Gasteiger partial charge in [0.25, 0.3) is 0 Å². The van der Waals surface area contributed by atoms with Crippen molar-refractivity contribution >= 4 is 12.1 Å². The molecule has 0 bridgehead atoms. The fourth-order valence-corrected chi connectivity index (χ4v) is 8.25. The first-order valence-corrected chi connectivity index (χ1v) is 12.0. The monoisotopic (exact) mass is 394 g/mol. The second-order valence-electron chi connectivity index (χ2n) is 11.3. The maximum atomic E-state index is 12.6. The first-order valence-electron chi connectivity index (χ1n) is 12.0. The van der Waals surface area contributed by atoms with E-state index < -0.39 is 0 Å². The zero-order chi connectivity index (χ0) is 20.4. The number of aliphatic imine (C=N–C) groups is 1. The molecular weight excluding hydrogens is 356 g/mol. The molecule has 3 heteroatoms. The fraction of sp³-hybridized carbons (Fsp3) is 0.769. The molecule has 2 heterocycles. The summed E-state index contributed by atoms with van der Waals surface area (Å²) in [5, 5.41) is 0. The summed E-state index contributed by atoms with van der Waals surface area (Å²) >= 11 is 0. The van der Waals surface area contributed by atoms with Gasteiger partial charge in [0, 0.05) is 38.7 Å². The molecule has 0 aromatic carbocycles. The summed E-state index contributed by atoms with van der Waals surface area (Å²) in [5.41, 5.74) is 3.72. The van der Waals surface area contributed by atoms with Crippen molar-refractivity contribution in [2.75, 3.05) is 20.1 Å². The standard InChI is InChI=1S/C26H38N2O/c1-17-13-18(16-27-15-17)21-7-8-22-20-6-5-19-14-24(29)28(4)12-11-25(19,2)23(20)9-10-26(21,22)3/h7,13,15,18-20,22-23H,5-6,8-12,14,16H2,1-4H3. The molecule has 7 unspecified atom stereocenters. The van der Waals surface area contributed by atoms with Gasteiger partial charge in [-0.3, -0.25) is 9.79 Å². The van der Waals surface area contributed by atoms with E-state index in [2.05, 4.69) is 37.9 Å². The van der Waals surface area contributed by atoms with Crippen molar-refractivity contribution in [1.82, 2.24) is 4.90 Å². The summed E-state index contributed by atoms with van der Waals surface area (Å²) in [4.78, 5) is 19.2. The van der Waals surface area contributed by atoms with Gasteiger partial charge in [0.2, 0.25) is 5.91 Å². The number of likely N-dealkylation sites (tertiary alicyclic amines) is 1. The Labute approximate surface area is 176 Å². The molecule has 3 nitrogen and oxygen atoms in total. The van der Waals surface area contributed by atoms with Crippen LogP contribution in [0.5, 0.6) is 0 Å². The van der Waals surface area contributed by atoms with Gasteiger partial charge in [-0.2, -0.15) is 0 Å². The van der Waals surface area contributed by atoms with Crippen molar-refractivity contribution in [3.05, 3.63) is 23.3 Å². The zero-order valence-electron chi connectivity index (χ0n) is 18.8. The first-order chi connectivity index (χ1) is 13.8. The second-order valence-corrected chi connectivity index (χ2v) is 11.3. The lowest BCUT2D eigenvalue weighted by Gasteiger charge is -2.59. The number of dihydropyridines is 1. The summed E-state index contributed by atoms with van der Waals surface area (Å²) in [6.45, 7) is 9.20. The highest BCUT2D eigenvalue weighted by molar-refractivity contribution is 5.79. The summed E-state index contributed by atoms with van der Waals surface area (Å²) < 4.78 is 0. The van der Waals surface area contributed by atoms with Crippen molar-refractivity contribution < 1.29 is 4.79 Å². The van der Waals surface area contributed by atoms with Crippen LogP contribution in [-0.4, -0.2) is 37.2 Å². The lowest BCUT2D eigenvalue weighted by atomic mass is 9.46. The predicted octanol–water partition coefficient (Wildman–Crippen LogP) is 5.28. The molecule has 2 saturated carbocycles. The Morgan fingerprint density at radius 2 is 1.97 bits per heavy atom. The number of amides is 1. The largest absolute Gasteiger partial charge is 0.346 e. The first kappa shape index (κ1) is 19.6. The number of nitrogens with zero attached hydrogens (tertiary/aromatic N) is 2. The number of allylic oxidation sites excluding steroid dienone is 2. The molecule has 0 N–H and O–H groups in total. The van der Waals surface area contributed by atoms with Gasteiger partial charge in [0.15, 0.2) is 0 Å². The Hall–Kier alpha value is -1.38. The molecule has 5 aliphatic rings. The molecule has 0 spiro atoms. The average Bonchev–Trinajstić information content (AvgIpc) is 3.00. The van der Waals surface area contributed by atoms with Crippen LogP contribution in [0.4, 0.5) is 0 Å². The minimum atomic E-state index is 0.346. The number of carbonyl (C=O) groups is 1. The molecule has 5 rings (SSSR count). The van der Waals surface area contributed by atoms with Gasteiger partial charge in [-0.15, -0.1) is 0 Å². The highest BCUT2D eigenvalue weighted by Crippen LogP contribution is 2.66. The fourth-order valence-electron chi connectivity index (χ4n) is 8.25. The van der Waals surface area contributed by atoms with Crippen LogP contribution in [0.1, 0.15) is 65.7 Å². The third-order valence-corrected chi connectivity index (χ3v) is 10.00. The van der Waals surface area contributed by atoms with Gasteiger partial charge < -0.3 is 4.90 Å². The molecule has 0 aromatic rings. The van der Waals surface area contributed by atoms with Crippen LogP contribution in [0.2, 0.25) is 0 Å². The van der Waals surface area contributed by atoms with Crippen LogP contribution in [0, 0.1) is 40.4 Å². The summed E-state index contributed by atoms with van der Waals surface area (Å²) in [5.74, 6) is 3.92. The molecule has 2 aliphatic heterocycles. The Morgan fingerprint density at radius 3 is 2.76 bits per heavy atom. The van der Waals surface area contributed by atoms with Crippen molar-refractivity contribution in [3.63, 3.8) is 0 Å². The molecule has 1 amide bonds. The van der Waals surface area contributed by atoms with Crippen LogP contribution in [0.3, 0.4) is 0 Å². The Kier molecular flexibility index (Phi) is 4.60. The Morgan fingerprint density at radius 1 is 1.14 bits per heavy atom. The van der Waals surface area contributed by atoms with Gasteiger partial charge in [-0.05, 0) is 85.5 Å². The Balaban J connectivity index is 1.41. The number of rotatable bonds is 1. The predicted molar refractivity (Wildman–Crippen MR) is 119 cm³/mol. The normalized spacial score (nSPS) is 47.0. The van der Waals surface area contributed by atoms with Crippen molar-refractivity contribution in [2.24, 2.45) is 45.4 Å². The minimum Gasteiger partial charge on any atom is -0.346 e. The van der Waals surface area contributed by atoms with E-state index in [1.165, 1.54) is 44.1 Å². The van der Waals surface area contributed by atoms with E-state index in [4.69, 9.17) is 0 Å². The van der Waals surface area contributed by atoms with Gasteiger partial charge in [0.1, 0.15) is 0 Å². The quantitative estimate of drug-likeness (QED) is 0.557. The van der Waals surface area contributed by atoms with E-state index in [9.17, 15) is 4.79 Å². The minimum absolute atomic E-state index is 0.346. The topological polar surface area (TPSA) is 32.7 Å². The second kappa shape index (κ2) is 6.82. The van der Waals surface area contributed by atoms with E-state index in [1.807, 2.05) is 18.2 Å². The smallest absolute Gasteiger partial charge is 0.222 e. The van der Waals surface area contributed by atoms with Gasteiger partial charge in [-0.1, -0.05) is 31.6 Å². The van der Waals surface area contributed by atoms with Crippen LogP contribution < -0.4 is 0 Å². The SMILES string of the molecule is CC1=CC(C2=CCC3C4CCC5CC(=O)N(C)CCC5(C)C4CCC23C)CN=C1. The van der Waals surface area contributed by atoms with Crippen molar-refractivity contribution in [3.8, 4) is 0 Å².